The maximum absolute atomic E-state index is 11.9. The highest BCUT2D eigenvalue weighted by molar-refractivity contribution is 9.10. The van der Waals surface area contributed by atoms with Crippen LogP contribution in [0.25, 0.3) is 0 Å². The van der Waals surface area contributed by atoms with Crippen LogP contribution in [0.3, 0.4) is 0 Å². The van der Waals surface area contributed by atoms with Crippen LogP contribution < -0.4 is 5.32 Å². The second-order valence-corrected chi connectivity index (χ2v) is 5.99. The molecular formula is C17H18BrN3O3. The molecule has 2 rings (SSSR count). The van der Waals surface area contributed by atoms with E-state index in [0.29, 0.717) is 23.3 Å². The Balaban J connectivity index is 1.81. The van der Waals surface area contributed by atoms with Gasteiger partial charge in [0.15, 0.2) is 0 Å². The summed E-state index contributed by atoms with van der Waals surface area (Å²) in [6.45, 7) is 0.504. The first-order valence-corrected chi connectivity index (χ1v) is 8.27. The fourth-order valence-corrected chi connectivity index (χ4v) is 2.36. The van der Waals surface area contributed by atoms with Crippen LogP contribution in [-0.4, -0.2) is 40.1 Å². The number of aromatic nitrogens is 1. The highest BCUT2D eigenvalue weighted by Gasteiger charge is 2.13. The van der Waals surface area contributed by atoms with Crippen LogP contribution in [0.1, 0.15) is 12.0 Å². The molecule has 0 aliphatic carbocycles. The van der Waals surface area contributed by atoms with E-state index in [-0.39, 0.29) is 18.9 Å². The quantitative estimate of drug-likeness (QED) is 0.708. The molecule has 7 heteroatoms. The molecule has 0 spiro atoms. The van der Waals surface area contributed by atoms with Crippen molar-refractivity contribution in [2.75, 3.05) is 18.4 Å². The lowest BCUT2D eigenvalue weighted by Gasteiger charge is -2.19. The summed E-state index contributed by atoms with van der Waals surface area (Å²) in [5.74, 6) is -0.245. The highest BCUT2D eigenvalue weighted by Crippen LogP contribution is 2.11. The number of pyridine rings is 1. The van der Waals surface area contributed by atoms with Gasteiger partial charge in [-0.15, -0.1) is 0 Å². The van der Waals surface area contributed by atoms with E-state index in [1.54, 1.807) is 12.1 Å². The van der Waals surface area contributed by atoms with Gasteiger partial charge in [0, 0.05) is 19.5 Å². The van der Waals surface area contributed by atoms with E-state index in [1.165, 1.54) is 11.1 Å². The summed E-state index contributed by atoms with van der Waals surface area (Å²) >= 11 is 3.22. The summed E-state index contributed by atoms with van der Waals surface area (Å²) in [7, 11) is 0. The van der Waals surface area contributed by atoms with E-state index < -0.39 is 6.09 Å². The molecule has 24 heavy (non-hydrogen) atoms. The lowest BCUT2D eigenvalue weighted by atomic mass is 10.1. The lowest BCUT2D eigenvalue weighted by Crippen LogP contribution is -2.34. The number of halogens is 1. The van der Waals surface area contributed by atoms with Crippen molar-refractivity contribution in [3.63, 3.8) is 0 Å². The lowest BCUT2D eigenvalue weighted by molar-refractivity contribution is -0.116. The maximum Gasteiger partial charge on any atom is 0.407 e. The Kier molecular flexibility index (Phi) is 6.74. The predicted molar refractivity (Wildman–Crippen MR) is 94.9 cm³/mol. The van der Waals surface area contributed by atoms with Gasteiger partial charge in [0.2, 0.25) is 5.91 Å². The summed E-state index contributed by atoms with van der Waals surface area (Å²) < 4.78 is 0.679. The van der Waals surface area contributed by atoms with E-state index in [9.17, 15) is 14.7 Å². The van der Waals surface area contributed by atoms with Crippen molar-refractivity contribution in [3.8, 4) is 0 Å². The third-order valence-electron chi connectivity index (χ3n) is 3.40. The fraction of sp³-hybridized carbons (Fsp3) is 0.235. The number of amides is 2. The number of nitrogens with zero attached hydrogens (tertiary/aromatic N) is 2. The molecule has 0 saturated heterocycles. The van der Waals surface area contributed by atoms with E-state index >= 15 is 0 Å². The number of carbonyl (C=O) groups is 2. The minimum atomic E-state index is -1.02. The number of anilines is 1. The normalized spacial score (nSPS) is 10.2. The summed E-state index contributed by atoms with van der Waals surface area (Å²) in [5, 5.41) is 12.0. The summed E-state index contributed by atoms with van der Waals surface area (Å²) in [5.41, 5.74) is 1.64. The molecule has 126 valence electrons. The molecule has 6 nitrogen and oxygen atoms in total. The summed E-state index contributed by atoms with van der Waals surface area (Å²) in [6.07, 6.45) is 1.22. The molecule has 1 aromatic carbocycles. The third kappa shape index (κ3) is 6.00. The standard InChI is InChI=1S/C17H18BrN3O3/c18-15-7-6-14(12-19-15)20-16(22)9-11-21(17(23)24)10-8-13-4-2-1-3-5-13/h1-7,12H,8-11H2,(H,20,22)(H,23,24). The highest BCUT2D eigenvalue weighted by atomic mass is 79.9. The molecule has 2 aromatic rings. The number of benzene rings is 1. The monoisotopic (exact) mass is 391 g/mol. The van der Waals surface area contributed by atoms with Crippen LogP contribution in [0.15, 0.2) is 53.3 Å². The van der Waals surface area contributed by atoms with Crippen LogP contribution in [-0.2, 0) is 11.2 Å². The largest absolute Gasteiger partial charge is 0.465 e. The smallest absolute Gasteiger partial charge is 0.407 e. The van der Waals surface area contributed by atoms with Crippen molar-refractivity contribution < 1.29 is 14.7 Å². The molecule has 2 N–H and O–H groups in total. The van der Waals surface area contributed by atoms with Gasteiger partial charge in [0.05, 0.1) is 11.9 Å². The van der Waals surface area contributed by atoms with Gasteiger partial charge < -0.3 is 15.3 Å². The Labute approximate surface area is 148 Å². The van der Waals surface area contributed by atoms with Crippen molar-refractivity contribution in [1.82, 2.24) is 9.88 Å². The van der Waals surface area contributed by atoms with Crippen LogP contribution in [0.4, 0.5) is 10.5 Å². The zero-order chi connectivity index (χ0) is 17.4. The Bertz CT molecular complexity index is 677. The molecule has 0 aliphatic rings. The minimum absolute atomic E-state index is 0.0944. The topological polar surface area (TPSA) is 82.5 Å². The number of nitrogens with one attached hydrogen (secondary N) is 1. The zero-order valence-electron chi connectivity index (χ0n) is 13.0. The first kappa shape index (κ1) is 17.9. The molecule has 0 radical (unpaired) electrons. The molecule has 0 bridgehead atoms. The first-order valence-electron chi connectivity index (χ1n) is 7.48. The van der Waals surface area contributed by atoms with Crippen molar-refractivity contribution in [3.05, 3.63) is 58.8 Å². The number of hydrogen-bond acceptors (Lipinski definition) is 3. The molecule has 0 aliphatic heterocycles. The Hall–Kier alpha value is -2.41. The van der Waals surface area contributed by atoms with Gasteiger partial charge in [-0.25, -0.2) is 9.78 Å². The van der Waals surface area contributed by atoms with Gasteiger partial charge in [-0.2, -0.15) is 0 Å². The van der Waals surface area contributed by atoms with Crippen LogP contribution in [0.2, 0.25) is 0 Å². The Morgan fingerprint density at radius 1 is 1.12 bits per heavy atom. The third-order valence-corrected chi connectivity index (χ3v) is 3.87. The van der Waals surface area contributed by atoms with Gasteiger partial charge in [-0.1, -0.05) is 30.3 Å². The van der Waals surface area contributed by atoms with Gasteiger partial charge in [-0.05, 0) is 40.0 Å². The van der Waals surface area contributed by atoms with Gasteiger partial charge >= 0.3 is 6.09 Å². The average molecular weight is 392 g/mol. The molecule has 1 heterocycles. The first-order chi connectivity index (χ1) is 11.5. The van der Waals surface area contributed by atoms with Crippen LogP contribution in [0.5, 0.6) is 0 Å². The summed E-state index contributed by atoms with van der Waals surface area (Å²) in [6, 6.07) is 13.1. The predicted octanol–water partition coefficient (Wildman–Crippen LogP) is 3.40. The van der Waals surface area contributed by atoms with E-state index in [0.717, 1.165) is 5.56 Å². The van der Waals surface area contributed by atoms with Crippen molar-refractivity contribution in [1.29, 1.82) is 0 Å². The number of hydrogen-bond donors (Lipinski definition) is 2. The molecule has 2 amide bonds. The molecule has 0 fully saturated rings. The van der Waals surface area contributed by atoms with E-state index in [2.05, 4.69) is 26.2 Å². The number of carbonyl (C=O) groups excluding carboxylic acids is 1. The molecule has 0 atom stereocenters. The van der Waals surface area contributed by atoms with Crippen molar-refractivity contribution in [2.45, 2.75) is 12.8 Å². The molecule has 0 unspecified atom stereocenters. The van der Waals surface area contributed by atoms with Crippen molar-refractivity contribution in [2.24, 2.45) is 0 Å². The SMILES string of the molecule is O=C(CCN(CCc1ccccc1)C(=O)O)Nc1ccc(Br)nc1. The second-order valence-electron chi connectivity index (χ2n) is 5.17. The Morgan fingerprint density at radius 2 is 1.88 bits per heavy atom. The average Bonchev–Trinajstić information content (AvgIpc) is 2.57. The van der Waals surface area contributed by atoms with Gasteiger partial charge in [0.25, 0.3) is 0 Å². The number of rotatable bonds is 7. The summed E-state index contributed by atoms with van der Waals surface area (Å²) in [4.78, 5) is 28.5. The maximum atomic E-state index is 11.9. The zero-order valence-corrected chi connectivity index (χ0v) is 14.6. The Morgan fingerprint density at radius 3 is 2.50 bits per heavy atom. The number of carboxylic acid groups (broad SMARTS) is 1. The molecular weight excluding hydrogens is 374 g/mol. The van der Waals surface area contributed by atoms with Crippen LogP contribution >= 0.6 is 15.9 Å². The van der Waals surface area contributed by atoms with E-state index in [1.807, 2.05) is 30.3 Å². The second kappa shape index (κ2) is 9.02. The van der Waals surface area contributed by atoms with Crippen molar-refractivity contribution >= 4 is 33.6 Å². The minimum Gasteiger partial charge on any atom is -0.465 e. The van der Waals surface area contributed by atoms with Crippen LogP contribution in [0, 0.1) is 0 Å². The molecule has 1 aromatic heterocycles. The fourth-order valence-electron chi connectivity index (χ4n) is 2.12. The molecule has 0 saturated carbocycles. The van der Waals surface area contributed by atoms with Gasteiger partial charge in [-0.3, -0.25) is 4.79 Å². The van der Waals surface area contributed by atoms with Gasteiger partial charge in [0.1, 0.15) is 4.60 Å². The van der Waals surface area contributed by atoms with E-state index in [4.69, 9.17) is 0 Å².